The molecule has 6 rings (SSSR count). The van der Waals surface area contributed by atoms with Crippen molar-refractivity contribution in [3.05, 3.63) is 101 Å². The standard InChI is InChI=1S/C25H17N7O/c1-16-8-10-18(11-9-16)31-15-27-23-21(25(31)33)22-24(30-20-7-3-2-6-19(20)29-22)32(23)28-14-17-5-4-12-26-13-17/h2-15H,1H3/b28-14+. The van der Waals surface area contributed by atoms with Crippen LogP contribution in [0.1, 0.15) is 11.1 Å². The van der Waals surface area contributed by atoms with Crippen LogP contribution in [0.5, 0.6) is 0 Å². The van der Waals surface area contributed by atoms with Gasteiger partial charge in [0, 0.05) is 18.0 Å². The molecule has 0 unspecified atom stereocenters. The zero-order valence-electron chi connectivity index (χ0n) is 17.6. The van der Waals surface area contributed by atoms with Gasteiger partial charge in [0.05, 0.1) is 22.9 Å². The molecule has 0 aliphatic rings. The summed E-state index contributed by atoms with van der Waals surface area (Å²) in [5, 5.41) is 4.96. The van der Waals surface area contributed by atoms with Crippen molar-refractivity contribution in [2.24, 2.45) is 5.10 Å². The first-order valence-corrected chi connectivity index (χ1v) is 10.4. The van der Waals surface area contributed by atoms with Crippen LogP contribution in [0.3, 0.4) is 0 Å². The van der Waals surface area contributed by atoms with Crippen LogP contribution in [-0.4, -0.2) is 35.4 Å². The summed E-state index contributed by atoms with van der Waals surface area (Å²) in [4.78, 5) is 31.9. The quantitative estimate of drug-likeness (QED) is 0.397. The Hall–Kier alpha value is -4.72. The number of benzene rings is 2. The lowest BCUT2D eigenvalue weighted by atomic mass is 10.2. The molecule has 4 aromatic heterocycles. The highest BCUT2D eigenvalue weighted by Gasteiger charge is 2.20. The predicted octanol–water partition coefficient (Wildman–Crippen LogP) is 3.87. The second-order valence-corrected chi connectivity index (χ2v) is 7.68. The highest BCUT2D eigenvalue weighted by Crippen LogP contribution is 2.25. The molecule has 0 bridgehead atoms. The molecule has 0 spiro atoms. The van der Waals surface area contributed by atoms with Crippen LogP contribution < -0.4 is 5.56 Å². The van der Waals surface area contributed by atoms with E-state index in [-0.39, 0.29) is 5.56 Å². The summed E-state index contributed by atoms with van der Waals surface area (Å²) in [7, 11) is 0. The monoisotopic (exact) mass is 431 g/mol. The van der Waals surface area contributed by atoms with E-state index in [0.717, 1.165) is 16.8 Å². The van der Waals surface area contributed by atoms with Crippen molar-refractivity contribution >= 4 is 39.4 Å². The van der Waals surface area contributed by atoms with Crippen molar-refractivity contribution in [3.63, 3.8) is 0 Å². The largest absolute Gasteiger partial charge is 0.269 e. The predicted molar refractivity (Wildman–Crippen MR) is 128 cm³/mol. The lowest BCUT2D eigenvalue weighted by molar-refractivity contribution is 0.906. The molecule has 0 fully saturated rings. The minimum atomic E-state index is -0.228. The molecule has 4 heterocycles. The van der Waals surface area contributed by atoms with E-state index in [4.69, 9.17) is 9.97 Å². The Morgan fingerprint density at radius 1 is 0.909 bits per heavy atom. The first-order valence-electron chi connectivity index (χ1n) is 10.4. The maximum atomic E-state index is 13.6. The van der Waals surface area contributed by atoms with Crippen LogP contribution in [0.15, 0.2) is 89.3 Å². The van der Waals surface area contributed by atoms with Gasteiger partial charge in [-0.3, -0.25) is 14.3 Å². The number of aryl methyl sites for hydroxylation is 1. The Morgan fingerprint density at radius 3 is 2.45 bits per heavy atom. The third kappa shape index (κ3) is 3.16. The fourth-order valence-corrected chi connectivity index (χ4v) is 3.80. The van der Waals surface area contributed by atoms with E-state index in [2.05, 4.69) is 15.1 Å². The molecule has 33 heavy (non-hydrogen) atoms. The smallest absolute Gasteiger partial charge is 0.268 e. The Bertz CT molecular complexity index is 1730. The summed E-state index contributed by atoms with van der Waals surface area (Å²) in [6, 6.07) is 19.0. The van der Waals surface area contributed by atoms with E-state index in [9.17, 15) is 4.79 Å². The molecule has 6 aromatic rings. The van der Waals surface area contributed by atoms with Crippen molar-refractivity contribution < 1.29 is 0 Å². The van der Waals surface area contributed by atoms with Gasteiger partial charge in [-0.2, -0.15) is 9.78 Å². The van der Waals surface area contributed by atoms with Gasteiger partial charge in [0.25, 0.3) is 5.56 Å². The van der Waals surface area contributed by atoms with Crippen molar-refractivity contribution in [2.45, 2.75) is 6.92 Å². The first kappa shape index (κ1) is 19.0. The minimum absolute atomic E-state index is 0.228. The van der Waals surface area contributed by atoms with Crippen LogP contribution >= 0.6 is 0 Å². The van der Waals surface area contributed by atoms with Gasteiger partial charge in [0.1, 0.15) is 17.2 Å². The molecule has 0 atom stereocenters. The van der Waals surface area contributed by atoms with Crippen molar-refractivity contribution in [2.75, 3.05) is 0 Å². The molecule has 0 saturated carbocycles. The summed E-state index contributed by atoms with van der Waals surface area (Å²) < 4.78 is 3.09. The average Bonchev–Trinajstić information content (AvgIpc) is 3.16. The van der Waals surface area contributed by atoms with Crippen molar-refractivity contribution in [1.29, 1.82) is 0 Å². The zero-order valence-corrected chi connectivity index (χ0v) is 17.6. The maximum absolute atomic E-state index is 13.6. The summed E-state index contributed by atoms with van der Waals surface area (Å²) in [6.45, 7) is 2.00. The lowest BCUT2D eigenvalue weighted by Crippen LogP contribution is -2.18. The van der Waals surface area contributed by atoms with Gasteiger partial charge >= 0.3 is 0 Å². The summed E-state index contributed by atoms with van der Waals surface area (Å²) in [5.74, 6) is 0. The molecule has 8 nitrogen and oxygen atoms in total. The molecule has 2 aromatic carbocycles. The highest BCUT2D eigenvalue weighted by atomic mass is 16.1. The van der Waals surface area contributed by atoms with E-state index in [0.29, 0.717) is 33.2 Å². The Kier molecular flexibility index (Phi) is 4.29. The highest BCUT2D eigenvalue weighted by molar-refractivity contribution is 6.05. The van der Waals surface area contributed by atoms with Crippen molar-refractivity contribution in [3.8, 4) is 5.69 Å². The van der Waals surface area contributed by atoms with Gasteiger partial charge in [-0.1, -0.05) is 35.9 Å². The van der Waals surface area contributed by atoms with E-state index < -0.39 is 0 Å². The Labute approximate surface area is 187 Å². The van der Waals surface area contributed by atoms with Crippen LogP contribution in [0, 0.1) is 6.92 Å². The first-order chi connectivity index (χ1) is 16.2. The molecule has 0 amide bonds. The fourth-order valence-electron chi connectivity index (χ4n) is 3.80. The number of fused-ring (bicyclic) bond motifs is 4. The summed E-state index contributed by atoms with van der Waals surface area (Å²) in [6.07, 6.45) is 6.58. The third-order valence-electron chi connectivity index (χ3n) is 5.46. The molecule has 158 valence electrons. The van der Waals surface area contributed by atoms with E-state index in [1.807, 2.05) is 67.6 Å². The van der Waals surface area contributed by atoms with E-state index in [1.165, 1.54) is 10.9 Å². The van der Waals surface area contributed by atoms with Crippen LogP contribution in [-0.2, 0) is 0 Å². The third-order valence-corrected chi connectivity index (χ3v) is 5.46. The van der Waals surface area contributed by atoms with Gasteiger partial charge in [-0.05, 0) is 37.3 Å². The topological polar surface area (TPSA) is 90.8 Å². The lowest BCUT2D eigenvalue weighted by Gasteiger charge is -2.05. The second-order valence-electron chi connectivity index (χ2n) is 7.68. The molecule has 8 heteroatoms. The molecule has 0 N–H and O–H groups in total. The fraction of sp³-hybridized carbons (Fsp3) is 0.0400. The van der Waals surface area contributed by atoms with E-state index in [1.54, 1.807) is 23.3 Å². The van der Waals surface area contributed by atoms with Gasteiger partial charge in [0.15, 0.2) is 11.3 Å². The summed E-state index contributed by atoms with van der Waals surface area (Å²) in [5.41, 5.74) is 5.17. The van der Waals surface area contributed by atoms with Crippen LogP contribution in [0.25, 0.3) is 38.9 Å². The number of aromatic nitrogens is 6. The second kappa shape index (κ2) is 7.45. The zero-order chi connectivity index (χ0) is 22.4. The Balaban J connectivity index is 1.68. The van der Waals surface area contributed by atoms with Crippen molar-refractivity contribution in [1.82, 2.24) is 29.2 Å². The molecular formula is C25H17N7O. The number of rotatable bonds is 3. The number of pyridine rings is 1. The average molecular weight is 431 g/mol. The minimum Gasteiger partial charge on any atom is -0.268 e. The summed E-state index contributed by atoms with van der Waals surface area (Å²) >= 11 is 0. The molecule has 0 aliphatic heterocycles. The van der Waals surface area contributed by atoms with Gasteiger partial charge in [-0.25, -0.2) is 15.0 Å². The molecular weight excluding hydrogens is 414 g/mol. The van der Waals surface area contributed by atoms with Crippen LogP contribution in [0.2, 0.25) is 0 Å². The molecule has 0 radical (unpaired) electrons. The van der Waals surface area contributed by atoms with Gasteiger partial charge in [-0.15, -0.1) is 0 Å². The molecule has 0 saturated heterocycles. The number of hydrogen-bond donors (Lipinski definition) is 0. The van der Waals surface area contributed by atoms with Crippen LogP contribution in [0.4, 0.5) is 0 Å². The SMILES string of the molecule is Cc1ccc(-n2cnc3c(c2=O)c2nc4ccccc4nc2n3/N=C/c2cccnc2)cc1. The number of nitrogens with zero attached hydrogens (tertiary/aromatic N) is 7. The number of para-hydroxylation sites is 2. The maximum Gasteiger partial charge on any atom is 0.269 e. The number of hydrogen-bond acceptors (Lipinski definition) is 6. The van der Waals surface area contributed by atoms with Gasteiger partial charge in [0.2, 0.25) is 0 Å². The van der Waals surface area contributed by atoms with Gasteiger partial charge < -0.3 is 0 Å². The van der Waals surface area contributed by atoms with E-state index >= 15 is 0 Å². The Morgan fingerprint density at radius 2 is 1.70 bits per heavy atom. The normalized spacial score (nSPS) is 11.8. The molecule has 0 aliphatic carbocycles.